The van der Waals surface area contributed by atoms with E-state index in [0.717, 1.165) is 0 Å². The number of imidazole rings is 1. The van der Waals surface area contributed by atoms with E-state index in [0.29, 0.717) is 15.7 Å². The van der Waals surface area contributed by atoms with Gasteiger partial charge in [-0.15, -0.1) is 0 Å². The molecule has 1 aromatic heterocycles. The molecule has 6 nitrogen and oxygen atoms in total. The van der Waals surface area contributed by atoms with E-state index in [-0.39, 0.29) is 18.1 Å². The van der Waals surface area contributed by atoms with Gasteiger partial charge in [0.05, 0.1) is 23.9 Å². The minimum absolute atomic E-state index is 0.0723. The van der Waals surface area contributed by atoms with Crippen LogP contribution >= 0.6 is 15.9 Å². The molecule has 0 aliphatic heterocycles. The summed E-state index contributed by atoms with van der Waals surface area (Å²) in [6, 6.07) is 7.08. The number of nitriles is 1. The number of nitrogens with zero attached hydrogens (tertiary/aromatic N) is 3. The van der Waals surface area contributed by atoms with Crippen LogP contribution in [-0.4, -0.2) is 22.1 Å². The van der Waals surface area contributed by atoms with Crippen molar-refractivity contribution < 1.29 is 9.53 Å². The molecule has 2 rings (SSSR count). The number of benzene rings is 1. The van der Waals surface area contributed by atoms with Crippen LogP contribution in [-0.2, 0) is 4.74 Å². The fourth-order valence-electron chi connectivity index (χ4n) is 1.68. The molecule has 0 saturated carbocycles. The van der Waals surface area contributed by atoms with Gasteiger partial charge in [0.2, 0.25) is 0 Å². The van der Waals surface area contributed by atoms with Crippen LogP contribution in [0.5, 0.6) is 0 Å². The lowest BCUT2D eigenvalue weighted by atomic mass is 10.2. The number of anilines is 1. The van der Waals surface area contributed by atoms with Crippen molar-refractivity contribution in [2.45, 2.75) is 6.92 Å². The highest BCUT2D eigenvalue weighted by Gasteiger charge is 2.18. The fourth-order valence-corrected chi connectivity index (χ4v) is 2.25. The Bertz CT molecular complexity index is 703. The summed E-state index contributed by atoms with van der Waals surface area (Å²) in [6.07, 6.45) is 1.44. The molecule has 20 heavy (non-hydrogen) atoms. The SMILES string of the molecule is CCOC(=O)c1ncn(-c2ccc(C#N)cc2Br)c1N. The number of carbonyl (C=O) groups excluding carboxylic acids is 1. The normalized spacial score (nSPS) is 10.1. The first-order chi connectivity index (χ1) is 9.58. The Balaban J connectivity index is 2.45. The first-order valence-electron chi connectivity index (χ1n) is 5.78. The van der Waals surface area contributed by atoms with E-state index < -0.39 is 5.97 Å². The minimum Gasteiger partial charge on any atom is -0.461 e. The number of nitrogens with two attached hydrogens (primary N) is 1. The van der Waals surface area contributed by atoms with Gasteiger partial charge in [-0.1, -0.05) is 0 Å². The molecule has 1 heterocycles. The molecule has 0 aliphatic rings. The van der Waals surface area contributed by atoms with Crippen LogP contribution in [0, 0.1) is 11.3 Å². The average molecular weight is 335 g/mol. The Morgan fingerprint density at radius 3 is 2.95 bits per heavy atom. The topological polar surface area (TPSA) is 93.9 Å². The highest BCUT2D eigenvalue weighted by atomic mass is 79.9. The number of hydrogen-bond acceptors (Lipinski definition) is 5. The van der Waals surface area contributed by atoms with E-state index in [1.54, 1.807) is 29.7 Å². The van der Waals surface area contributed by atoms with Crippen LogP contribution in [0.1, 0.15) is 23.0 Å². The van der Waals surface area contributed by atoms with Gasteiger partial charge in [0.1, 0.15) is 12.1 Å². The molecular formula is C13H11BrN4O2. The molecule has 2 aromatic rings. The van der Waals surface area contributed by atoms with Gasteiger partial charge < -0.3 is 10.5 Å². The van der Waals surface area contributed by atoms with Crippen molar-refractivity contribution in [3.63, 3.8) is 0 Å². The molecule has 102 valence electrons. The molecule has 0 saturated heterocycles. The van der Waals surface area contributed by atoms with E-state index in [1.165, 1.54) is 6.33 Å². The highest BCUT2D eigenvalue weighted by molar-refractivity contribution is 9.10. The van der Waals surface area contributed by atoms with Crippen LogP contribution in [0.15, 0.2) is 29.0 Å². The van der Waals surface area contributed by atoms with Gasteiger partial charge in [0.15, 0.2) is 5.69 Å². The summed E-state index contributed by atoms with van der Waals surface area (Å²) in [5.74, 6) is -0.373. The van der Waals surface area contributed by atoms with E-state index in [2.05, 4.69) is 20.9 Å². The molecule has 7 heteroatoms. The van der Waals surface area contributed by atoms with Crippen LogP contribution in [0.2, 0.25) is 0 Å². The second-order valence-electron chi connectivity index (χ2n) is 3.85. The lowest BCUT2D eigenvalue weighted by Gasteiger charge is -2.08. The molecule has 0 fully saturated rings. The number of aromatic nitrogens is 2. The smallest absolute Gasteiger partial charge is 0.360 e. The first-order valence-corrected chi connectivity index (χ1v) is 6.57. The highest BCUT2D eigenvalue weighted by Crippen LogP contribution is 2.26. The predicted octanol–water partition coefficient (Wildman–Crippen LogP) is 2.27. The zero-order valence-corrected chi connectivity index (χ0v) is 12.2. The van der Waals surface area contributed by atoms with Gasteiger partial charge in [0.25, 0.3) is 0 Å². The van der Waals surface area contributed by atoms with E-state index >= 15 is 0 Å². The maximum atomic E-state index is 11.7. The van der Waals surface area contributed by atoms with Crippen LogP contribution in [0.3, 0.4) is 0 Å². The van der Waals surface area contributed by atoms with Crippen LogP contribution in [0.25, 0.3) is 5.69 Å². The lowest BCUT2D eigenvalue weighted by Crippen LogP contribution is -2.09. The largest absolute Gasteiger partial charge is 0.461 e. The maximum Gasteiger partial charge on any atom is 0.360 e. The summed E-state index contributed by atoms with van der Waals surface area (Å²) >= 11 is 3.36. The molecule has 0 aliphatic carbocycles. The summed E-state index contributed by atoms with van der Waals surface area (Å²) in [5.41, 5.74) is 7.20. The molecular weight excluding hydrogens is 324 g/mol. The Kier molecular flexibility index (Phi) is 4.05. The number of nitrogen functional groups attached to an aromatic ring is 1. The van der Waals surface area contributed by atoms with Gasteiger partial charge in [-0.05, 0) is 41.1 Å². The van der Waals surface area contributed by atoms with Gasteiger partial charge in [-0.25, -0.2) is 9.78 Å². The van der Waals surface area contributed by atoms with Crippen molar-refractivity contribution in [3.05, 3.63) is 40.3 Å². The zero-order chi connectivity index (χ0) is 14.7. The Labute approximate surface area is 123 Å². The Morgan fingerprint density at radius 1 is 1.60 bits per heavy atom. The Morgan fingerprint density at radius 2 is 2.35 bits per heavy atom. The van der Waals surface area contributed by atoms with Crippen LogP contribution in [0.4, 0.5) is 5.82 Å². The minimum atomic E-state index is -0.562. The first kappa shape index (κ1) is 14.1. The van der Waals surface area contributed by atoms with Crippen molar-refractivity contribution in [1.29, 1.82) is 5.26 Å². The third kappa shape index (κ3) is 2.51. The quantitative estimate of drug-likeness (QED) is 0.869. The van der Waals surface area contributed by atoms with Gasteiger partial charge >= 0.3 is 5.97 Å². The fraction of sp³-hybridized carbons (Fsp3) is 0.154. The monoisotopic (exact) mass is 334 g/mol. The standard InChI is InChI=1S/C13H11BrN4O2/c1-2-20-13(19)11-12(16)18(7-17-11)10-4-3-8(6-15)5-9(10)14/h3-5,7H,2,16H2,1H3. The molecule has 0 bridgehead atoms. The maximum absolute atomic E-state index is 11.7. The van der Waals surface area contributed by atoms with E-state index in [4.69, 9.17) is 15.7 Å². The summed E-state index contributed by atoms with van der Waals surface area (Å²) in [7, 11) is 0. The number of esters is 1. The molecule has 0 spiro atoms. The zero-order valence-electron chi connectivity index (χ0n) is 10.6. The number of ether oxygens (including phenoxy) is 1. The third-order valence-electron chi connectivity index (χ3n) is 2.61. The third-order valence-corrected chi connectivity index (χ3v) is 3.24. The number of halogens is 1. The lowest BCUT2D eigenvalue weighted by molar-refractivity contribution is 0.0521. The predicted molar refractivity (Wildman–Crippen MR) is 76.3 cm³/mol. The summed E-state index contributed by atoms with van der Waals surface area (Å²) in [5, 5.41) is 8.84. The van der Waals surface area contributed by atoms with Crippen molar-refractivity contribution in [2.24, 2.45) is 0 Å². The van der Waals surface area contributed by atoms with E-state index in [9.17, 15) is 4.79 Å². The molecule has 2 N–H and O–H groups in total. The Hall–Kier alpha value is -2.33. The van der Waals surface area contributed by atoms with Crippen LogP contribution < -0.4 is 5.73 Å². The van der Waals surface area contributed by atoms with Crippen molar-refractivity contribution in [1.82, 2.24) is 9.55 Å². The summed E-state index contributed by atoms with van der Waals surface area (Å²) in [4.78, 5) is 15.6. The summed E-state index contributed by atoms with van der Waals surface area (Å²) in [6.45, 7) is 1.97. The van der Waals surface area contributed by atoms with Crippen molar-refractivity contribution in [3.8, 4) is 11.8 Å². The molecule has 0 amide bonds. The second-order valence-corrected chi connectivity index (χ2v) is 4.70. The molecule has 0 atom stereocenters. The van der Waals surface area contributed by atoms with Gasteiger partial charge in [-0.2, -0.15) is 5.26 Å². The molecule has 0 radical (unpaired) electrons. The van der Waals surface area contributed by atoms with Gasteiger partial charge in [-0.3, -0.25) is 4.57 Å². The molecule has 1 aromatic carbocycles. The number of hydrogen-bond donors (Lipinski definition) is 1. The van der Waals surface area contributed by atoms with Gasteiger partial charge in [0, 0.05) is 4.47 Å². The van der Waals surface area contributed by atoms with Crippen molar-refractivity contribution >= 4 is 27.7 Å². The number of rotatable bonds is 3. The van der Waals surface area contributed by atoms with Crippen molar-refractivity contribution in [2.75, 3.05) is 12.3 Å². The molecule has 0 unspecified atom stereocenters. The summed E-state index contributed by atoms with van der Waals surface area (Å²) < 4.78 is 7.11. The number of carbonyl (C=O) groups is 1. The second kappa shape index (κ2) is 5.75. The average Bonchev–Trinajstić information content (AvgIpc) is 2.80. The van der Waals surface area contributed by atoms with E-state index in [1.807, 2.05) is 6.07 Å².